The maximum atomic E-state index is 11.3. The Bertz CT molecular complexity index is 676. The Morgan fingerprint density at radius 3 is 2.71 bits per heavy atom. The molecule has 0 aliphatic carbocycles. The van der Waals surface area contributed by atoms with Crippen molar-refractivity contribution < 1.29 is 15.2 Å². The minimum Gasteiger partial charge on any atom is -0.345 e. The lowest BCUT2D eigenvalue weighted by Gasteiger charge is -2.08. The predicted octanol–water partition coefficient (Wildman–Crippen LogP) is 1.72. The summed E-state index contributed by atoms with van der Waals surface area (Å²) in [5, 5.41) is 19.7. The van der Waals surface area contributed by atoms with E-state index in [0.717, 1.165) is 28.9 Å². The molecule has 0 unspecified atom stereocenters. The highest BCUT2D eigenvalue weighted by Gasteiger charge is 2.24. The Morgan fingerprint density at radius 1 is 1.33 bits per heavy atom. The highest BCUT2D eigenvalue weighted by Crippen LogP contribution is 2.32. The molecule has 0 fully saturated rings. The molecule has 6 nitrogen and oxygen atoms in total. The zero-order chi connectivity index (χ0) is 15.0. The van der Waals surface area contributed by atoms with Crippen LogP contribution in [0.3, 0.4) is 0 Å². The molecular formula is C15H17N3O3. The van der Waals surface area contributed by atoms with E-state index in [9.17, 15) is 10.0 Å². The number of benzene rings is 1. The Kier molecular flexibility index (Phi) is 3.40. The van der Waals surface area contributed by atoms with Crippen LogP contribution < -0.4 is 10.5 Å². The number of amides is 1. The first kappa shape index (κ1) is 13.7. The number of aromatic nitrogens is 1. The molecule has 3 N–H and O–H groups in total. The van der Waals surface area contributed by atoms with Crippen LogP contribution in [0.1, 0.15) is 27.2 Å². The maximum Gasteiger partial charge on any atom is 0.274 e. The second-order valence-electron chi connectivity index (χ2n) is 5.25. The van der Waals surface area contributed by atoms with E-state index in [1.807, 2.05) is 25.3 Å². The first-order valence-electron chi connectivity index (χ1n) is 6.78. The molecule has 21 heavy (non-hydrogen) atoms. The zero-order valence-electron chi connectivity index (χ0n) is 11.7. The van der Waals surface area contributed by atoms with Gasteiger partial charge in [-0.05, 0) is 30.2 Å². The number of aryl methyl sites for hydroxylation is 1. The lowest BCUT2D eigenvalue weighted by atomic mass is 10.1. The van der Waals surface area contributed by atoms with Gasteiger partial charge in [0, 0.05) is 30.4 Å². The molecular weight excluding hydrogens is 270 g/mol. The average molecular weight is 287 g/mol. The molecule has 1 aliphatic heterocycles. The monoisotopic (exact) mass is 287 g/mol. The third-order valence-corrected chi connectivity index (χ3v) is 3.83. The van der Waals surface area contributed by atoms with Crippen molar-refractivity contribution in [3.8, 4) is 0 Å². The second kappa shape index (κ2) is 5.23. The van der Waals surface area contributed by atoms with Gasteiger partial charge in [0.15, 0.2) is 0 Å². The smallest absolute Gasteiger partial charge is 0.274 e. The van der Waals surface area contributed by atoms with E-state index >= 15 is 0 Å². The minimum absolute atomic E-state index is 0.414. The fraction of sp³-hybridized carbons (Fsp3) is 0.267. The van der Waals surface area contributed by atoms with E-state index in [-0.39, 0.29) is 0 Å². The molecule has 2 heterocycles. The standard InChI is InChI=1S/C15H17N3O3/c1-10-8-17(13-6-7-18(21)14(10)13)9-11-2-4-12(5-3-11)15(19)16-20/h2-5,8,20-21H,6-7,9H2,1H3,(H,16,19). The van der Waals surface area contributed by atoms with Gasteiger partial charge >= 0.3 is 0 Å². The van der Waals surface area contributed by atoms with Crippen LogP contribution in [-0.4, -0.2) is 27.4 Å². The Labute approximate surface area is 122 Å². The lowest BCUT2D eigenvalue weighted by molar-refractivity contribution is 0.0706. The number of carbonyl (C=O) groups excluding carboxylic acids is 1. The van der Waals surface area contributed by atoms with Gasteiger partial charge in [0.25, 0.3) is 5.91 Å². The number of carbonyl (C=O) groups is 1. The molecule has 0 radical (unpaired) electrons. The van der Waals surface area contributed by atoms with E-state index in [0.29, 0.717) is 18.7 Å². The van der Waals surface area contributed by atoms with Crippen molar-refractivity contribution in [1.29, 1.82) is 0 Å². The van der Waals surface area contributed by atoms with Crippen LogP contribution in [0.4, 0.5) is 5.69 Å². The summed E-state index contributed by atoms with van der Waals surface area (Å²) in [6, 6.07) is 7.07. The number of nitrogens with one attached hydrogen (secondary N) is 1. The highest BCUT2D eigenvalue weighted by atomic mass is 16.5. The summed E-state index contributed by atoms with van der Waals surface area (Å²) in [7, 11) is 0. The summed E-state index contributed by atoms with van der Waals surface area (Å²) in [6.45, 7) is 3.30. The van der Waals surface area contributed by atoms with Gasteiger partial charge in [-0.25, -0.2) is 5.48 Å². The summed E-state index contributed by atoms with van der Waals surface area (Å²) in [6.07, 6.45) is 2.85. The van der Waals surface area contributed by atoms with Gasteiger partial charge in [0.05, 0.1) is 12.2 Å². The summed E-state index contributed by atoms with van der Waals surface area (Å²) in [4.78, 5) is 11.3. The molecule has 1 amide bonds. The van der Waals surface area contributed by atoms with Crippen LogP contribution in [0.25, 0.3) is 0 Å². The van der Waals surface area contributed by atoms with Gasteiger partial charge in [0.1, 0.15) is 0 Å². The van der Waals surface area contributed by atoms with Crippen LogP contribution in [0.2, 0.25) is 0 Å². The number of hydrogen-bond donors (Lipinski definition) is 3. The average Bonchev–Trinajstić information content (AvgIpc) is 3.02. The fourth-order valence-electron chi connectivity index (χ4n) is 2.84. The largest absolute Gasteiger partial charge is 0.345 e. The van der Waals surface area contributed by atoms with Gasteiger partial charge in [-0.2, -0.15) is 0 Å². The van der Waals surface area contributed by atoms with Crippen molar-refractivity contribution in [1.82, 2.24) is 10.0 Å². The second-order valence-corrected chi connectivity index (χ2v) is 5.25. The van der Waals surface area contributed by atoms with Gasteiger partial charge in [-0.3, -0.25) is 20.3 Å². The molecule has 2 aromatic rings. The summed E-state index contributed by atoms with van der Waals surface area (Å²) in [5.41, 5.74) is 6.18. The number of fused-ring (bicyclic) bond motifs is 1. The maximum absolute atomic E-state index is 11.3. The van der Waals surface area contributed by atoms with Crippen LogP contribution in [0, 0.1) is 6.92 Å². The van der Waals surface area contributed by atoms with Crippen LogP contribution in [-0.2, 0) is 13.0 Å². The molecule has 0 bridgehead atoms. The summed E-state index contributed by atoms with van der Waals surface area (Å²) < 4.78 is 2.13. The van der Waals surface area contributed by atoms with E-state index < -0.39 is 5.91 Å². The normalized spacial score (nSPS) is 13.4. The first-order valence-corrected chi connectivity index (χ1v) is 6.78. The first-order chi connectivity index (χ1) is 10.1. The number of hydroxylamine groups is 2. The number of nitrogens with zero attached hydrogens (tertiary/aromatic N) is 2. The van der Waals surface area contributed by atoms with Crippen molar-refractivity contribution in [2.24, 2.45) is 0 Å². The fourth-order valence-corrected chi connectivity index (χ4v) is 2.84. The Balaban J connectivity index is 1.83. The van der Waals surface area contributed by atoms with Crippen molar-refractivity contribution in [3.63, 3.8) is 0 Å². The van der Waals surface area contributed by atoms with Crippen LogP contribution >= 0.6 is 0 Å². The molecule has 0 atom stereocenters. The molecule has 6 heteroatoms. The van der Waals surface area contributed by atoms with E-state index in [4.69, 9.17) is 5.21 Å². The molecule has 0 saturated carbocycles. The molecule has 0 spiro atoms. The van der Waals surface area contributed by atoms with Crippen molar-refractivity contribution in [3.05, 3.63) is 52.8 Å². The van der Waals surface area contributed by atoms with E-state index in [2.05, 4.69) is 4.57 Å². The molecule has 3 rings (SSSR count). The highest BCUT2D eigenvalue weighted by molar-refractivity contribution is 5.93. The minimum atomic E-state index is -0.518. The molecule has 1 aromatic carbocycles. The van der Waals surface area contributed by atoms with Gasteiger partial charge in [-0.15, -0.1) is 0 Å². The van der Waals surface area contributed by atoms with Crippen LogP contribution in [0.5, 0.6) is 0 Å². The summed E-state index contributed by atoms with van der Waals surface area (Å²) >= 11 is 0. The van der Waals surface area contributed by atoms with Gasteiger partial charge in [-0.1, -0.05) is 12.1 Å². The molecule has 110 valence electrons. The van der Waals surface area contributed by atoms with Gasteiger partial charge in [0.2, 0.25) is 0 Å². The van der Waals surface area contributed by atoms with Crippen molar-refractivity contribution >= 4 is 11.6 Å². The van der Waals surface area contributed by atoms with Crippen molar-refractivity contribution in [2.75, 3.05) is 11.6 Å². The third-order valence-electron chi connectivity index (χ3n) is 3.83. The topological polar surface area (TPSA) is 77.7 Å². The van der Waals surface area contributed by atoms with Crippen LogP contribution in [0.15, 0.2) is 30.5 Å². The number of hydrogen-bond acceptors (Lipinski definition) is 4. The number of anilines is 1. The summed E-state index contributed by atoms with van der Waals surface area (Å²) in [5.74, 6) is -0.518. The Hall–Kier alpha value is -2.31. The zero-order valence-corrected chi connectivity index (χ0v) is 11.7. The van der Waals surface area contributed by atoms with E-state index in [1.54, 1.807) is 17.6 Å². The van der Waals surface area contributed by atoms with Gasteiger partial charge < -0.3 is 4.57 Å². The third kappa shape index (κ3) is 2.39. The predicted molar refractivity (Wildman–Crippen MR) is 76.8 cm³/mol. The van der Waals surface area contributed by atoms with Crippen molar-refractivity contribution in [2.45, 2.75) is 19.9 Å². The SMILES string of the molecule is Cc1cn(Cc2ccc(C(=O)NO)cc2)c2c1N(O)CC2. The molecule has 1 aromatic heterocycles. The van der Waals surface area contributed by atoms with E-state index in [1.165, 1.54) is 5.06 Å². The number of rotatable bonds is 3. The quantitative estimate of drug-likeness (QED) is 0.593. The lowest BCUT2D eigenvalue weighted by Crippen LogP contribution is -2.18. The molecule has 1 aliphatic rings. The Morgan fingerprint density at radius 2 is 2.05 bits per heavy atom. The molecule has 0 saturated heterocycles.